The third-order valence-corrected chi connectivity index (χ3v) is 11.1. The van der Waals surface area contributed by atoms with Gasteiger partial charge in [0, 0.05) is 62.9 Å². The number of fused-ring (bicyclic) bond motifs is 6. The summed E-state index contributed by atoms with van der Waals surface area (Å²) in [6, 6.07) is 48.7. The van der Waals surface area contributed by atoms with Crippen LogP contribution in [0.4, 0.5) is 34.1 Å². The molecule has 1 atom stereocenters. The molecule has 0 saturated heterocycles. The van der Waals surface area contributed by atoms with Crippen LogP contribution in [0.5, 0.6) is 17.2 Å². The van der Waals surface area contributed by atoms with Crippen molar-refractivity contribution in [1.29, 1.82) is 0 Å². The van der Waals surface area contributed by atoms with Crippen molar-refractivity contribution in [3.63, 3.8) is 0 Å². The number of benzene rings is 7. The van der Waals surface area contributed by atoms with Gasteiger partial charge in [0.05, 0.1) is 19.3 Å². The van der Waals surface area contributed by atoms with Gasteiger partial charge in [0.25, 0.3) is 0 Å². The molecule has 2 aliphatic heterocycles. The lowest BCUT2D eigenvalue weighted by Gasteiger charge is -2.38. The van der Waals surface area contributed by atoms with E-state index in [0.29, 0.717) is 17.1 Å². The highest BCUT2D eigenvalue weighted by atomic mass is 16.6. The van der Waals surface area contributed by atoms with Gasteiger partial charge in [-0.2, -0.15) is 0 Å². The van der Waals surface area contributed by atoms with E-state index in [4.69, 9.17) is 14.2 Å². The van der Waals surface area contributed by atoms with Crippen molar-refractivity contribution in [3.05, 3.63) is 196 Å². The molecular formula is C50H42N2O5. The molecule has 0 saturated carbocycles. The Bertz CT molecular complexity index is 2530. The quantitative estimate of drug-likeness (QED) is 0.155. The third kappa shape index (κ3) is 5.99. The Morgan fingerprint density at radius 3 is 1.60 bits per heavy atom. The number of ether oxygens (including phenoxy) is 3. The number of aliphatic hydroxyl groups excluding tert-OH is 1. The van der Waals surface area contributed by atoms with Crippen LogP contribution in [0.25, 0.3) is 0 Å². The minimum atomic E-state index is -1.24. The minimum absolute atomic E-state index is 0.0421. The van der Waals surface area contributed by atoms with Crippen LogP contribution in [0.2, 0.25) is 0 Å². The van der Waals surface area contributed by atoms with E-state index in [0.717, 1.165) is 73.3 Å². The Hall–Kier alpha value is -6.83. The van der Waals surface area contributed by atoms with Crippen LogP contribution in [0.1, 0.15) is 54.9 Å². The van der Waals surface area contributed by atoms with Gasteiger partial charge in [0.1, 0.15) is 17.2 Å². The minimum Gasteiger partial charge on any atom is -0.497 e. The lowest BCUT2D eigenvalue weighted by Crippen LogP contribution is -2.33. The number of methoxy groups -OCH3 is 1. The Balaban J connectivity index is 1.25. The second-order valence-corrected chi connectivity index (χ2v) is 14.9. The zero-order chi connectivity index (χ0) is 39.4. The van der Waals surface area contributed by atoms with E-state index >= 15 is 0 Å². The predicted molar refractivity (Wildman–Crippen MR) is 225 cm³/mol. The summed E-state index contributed by atoms with van der Waals surface area (Å²) in [7, 11) is 1.67. The monoisotopic (exact) mass is 750 g/mol. The second kappa shape index (κ2) is 14.0. The van der Waals surface area contributed by atoms with E-state index in [1.807, 2.05) is 97.1 Å². The molecule has 1 N–H and O–H groups in total. The molecular weight excluding hydrogens is 709 g/mol. The molecule has 2 heterocycles. The highest BCUT2D eigenvalue weighted by Crippen LogP contribution is 2.58. The molecule has 7 aromatic carbocycles. The number of hydrogen-bond donors (Lipinski definition) is 1. The first kappa shape index (κ1) is 35.8. The van der Waals surface area contributed by atoms with Gasteiger partial charge in [-0.05, 0) is 123 Å². The van der Waals surface area contributed by atoms with E-state index in [-0.39, 0.29) is 12.6 Å². The molecule has 9 rings (SSSR count). The summed E-state index contributed by atoms with van der Waals surface area (Å²) in [4.78, 5) is 18.2. The van der Waals surface area contributed by atoms with Crippen LogP contribution in [0.15, 0.2) is 146 Å². The van der Waals surface area contributed by atoms with Crippen LogP contribution in [0, 0.1) is 27.7 Å². The van der Waals surface area contributed by atoms with E-state index in [9.17, 15) is 9.90 Å². The van der Waals surface area contributed by atoms with Crippen LogP contribution >= 0.6 is 0 Å². The molecule has 7 nitrogen and oxygen atoms in total. The fraction of sp³-hybridized carbons (Fsp3) is 0.140. The molecule has 0 bridgehead atoms. The summed E-state index contributed by atoms with van der Waals surface area (Å²) in [6.45, 7) is 8.37. The SMILES string of the molecule is COc1ccc(N(c2ccc3c(c2)Oc2cc(N(c4ccc(CO)cc4)c4ccc(C)cc4C)ccc2C32OC(=O)c3ccccc32)c2ccc(C)cc2C)cc1. The Labute approximate surface area is 332 Å². The molecule has 7 heteroatoms. The number of hydrogen-bond acceptors (Lipinski definition) is 7. The first-order valence-corrected chi connectivity index (χ1v) is 19.1. The van der Waals surface area contributed by atoms with Crippen molar-refractivity contribution in [3.8, 4) is 17.2 Å². The summed E-state index contributed by atoms with van der Waals surface area (Å²) < 4.78 is 19.1. The van der Waals surface area contributed by atoms with Crippen LogP contribution < -0.4 is 19.3 Å². The van der Waals surface area contributed by atoms with Gasteiger partial charge < -0.3 is 29.1 Å². The largest absolute Gasteiger partial charge is 0.497 e. The summed E-state index contributed by atoms with van der Waals surface area (Å²) >= 11 is 0. The molecule has 0 aromatic heterocycles. The van der Waals surface area contributed by atoms with Gasteiger partial charge in [0.15, 0.2) is 5.60 Å². The first-order valence-electron chi connectivity index (χ1n) is 19.1. The van der Waals surface area contributed by atoms with Crippen LogP contribution in [-0.2, 0) is 16.9 Å². The first-order chi connectivity index (χ1) is 27.7. The molecule has 7 aromatic rings. The number of rotatable bonds is 8. The van der Waals surface area contributed by atoms with Gasteiger partial charge in [-0.15, -0.1) is 0 Å². The fourth-order valence-electron chi connectivity index (χ4n) is 8.38. The lowest BCUT2D eigenvalue weighted by atomic mass is 9.77. The number of aryl methyl sites for hydroxylation is 4. The van der Waals surface area contributed by atoms with E-state index in [2.05, 4.69) is 86.0 Å². The molecule has 57 heavy (non-hydrogen) atoms. The fourth-order valence-corrected chi connectivity index (χ4v) is 8.38. The average molecular weight is 751 g/mol. The molecule has 0 fully saturated rings. The number of esters is 1. The van der Waals surface area contributed by atoms with Crippen LogP contribution in [-0.4, -0.2) is 18.2 Å². The molecule has 1 spiro atoms. The predicted octanol–water partition coefficient (Wildman–Crippen LogP) is 11.9. The van der Waals surface area contributed by atoms with Crippen LogP contribution in [0.3, 0.4) is 0 Å². The Morgan fingerprint density at radius 1 is 0.579 bits per heavy atom. The van der Waals surface area contributed by atoms with Crippen molar-refractivity contribution in [2.45, 2.75) is 39.9 Å². The zero-order valence-corrected chi connectivity index (χ0v) is 32.5. The maximum atomic E-state index is 13.8. The smallest absolute Gasteiger partial charge is 0.340 e. The maximum Gasteiger partial charge on any atom is 0.340 e. The molecule has 0 amide bonds. The number of nitrogens with zero attached hydrogens (tertiary/aromatic N) is 2. The Morgan fingerprint density at radius 2 is 1.09 bits per heavy atom. The summed E-state index contributed by atoms with van der Waals surface area (Å²) in [5.74, 6) is 1.54. The summed E-state index contributed by atoms with van der Waals surface area (Å²) in [5.41, 5.74) is 12.6. The van der Waals surface area contributed by atoms with Crippen molar-refractivity contribution in [2.24, 2.45) is 0 Å². The average Bonchev–Trinajstić information content (AvgIpc) is 3.52. The molecule has 1 unspecified atom stereocenters. The molecule has 2 aliphatic rings. The van der Waals surface area contributed by atoms with Gasteiger partial charge in [-0.3, -0.25) is 0 Å². The van der Waals surface area contributed by atoms with Crippen molar-refractivity contribution < 1.29 is 24.1 Å². The lowest BCUT2D eigenvalue weighted by molar-refractivity contribution is 0.0224. The van der Waals surface area contributed by atoms with Crippen molar-refractivity contribution in [2.75, 3.05) is 16.9 Å². The van der Waals surface area contributed by atoms with Gasteiger partial charge in [0.2, 0.25) is 0 Å². The standard InChI is InChI=1S/C50H42N2O5/c1-31-10-24-45(33(3)26-31)51(36-14-12-35(30-53)13-15-36)38-18-22-43-47(28-38)56-48-29-39(19-23-44(48)50(43)42-9-7-6-8-41(42)49(54)57-50)52(37-16-20-40(55-5)21-17-37)46-25-11-32(2)27-34(46)4/h6-29,53H,30H2,1-5H3. The number of aliphatic hydroxyl groups is 1. The normalized spacial score (nSPS) is 14.9. The van der Waals surface area contributed by atoms with Crippen molar-refractivity contribution >= 4 is 40.1 Å². The second-order valence-electron chi connectivity index (χ2n) is 14.9. The van der Waals surface area contributed by atoms with E-state index < -0.39 is 5.60 Å². The Kier molecular flexibility index (Phi) is 8.82. The number of anilines is 6. The third-order valence-electron chi connectivity index (χ3n) is 11.1. The summed E-state index contributed by atoms with van der Waals surface area (Å²) in [6.07, 6.45) is 0. The van der Waals surface area contributed by atoms with Gasteiger partial charge in [-0.1, -0.05) is 65.7 Å². The van der Waals surface area contributed by atoms with E-state index in [1.165, 1.54) is 11.1 Å². The topological polar surface area (TPSA) is 71.5 Å². The zero-order valence-electron chi connectivity index (χ0n) is 32.5. The van der Waals surface area contributed by atoms with Crippen molar-refractivity contribution in [1.82, 2.24) is 0 Å². The number of carbonyl (C=O) groups excluding carboxylic acids is 1. The van der Waals surface area contributed by atoms with E-state index in [1.54, 1.807) is 7.11 Å². The summed E-state index contributed by atoms with van der Waals surface area (Å²) in [5, 5.41) is 9.83. The molecule has 282 valence electrons. The van der Waals surface area contributed by atoms with Gasteiger partial charge >= 0.3 is 5.97 Å². The van der Waals surface area contributed by atoms with Gasteiger partial charge in [-0.25, -0.2) is 4.79 Å². The maximum absolute atomic E-state index is 13.8. The molecule has 0 radical (unpaired) electrons. The molecule has 0 aliphatic carbocycles. The highest BCUT2D eigenvalue weighted by Gasteiger charge is 2.53. The number of carbonyl (C=O) groups is 1. The highest BCUT2D eigenvalue weighted by molar-refractivity contribution is 5.97.